The normalized spacial score (nSPS) is 20.9. The van der Waals surface area contributed by atoms with E-state index in [1.165, 1.54) is 25.7 Å². The lowest BCUT2D eigenvalue weighted by atomic mass is 9.86. The maximum Gasteiger partial charge on any atom is 0.338 e. The van der Waals surface area contributed by atoms with Gasteiger partial charge in [-0.2, -0.15) is 0 Å². The minimum atomic E-state index is -0.633. The number of benzene rings is 1. The zero-order valence-electron chi connectivity index (χ0n) is 18.8. The van der Waals surface area contributed by atoms with Crippen molar-refractivity contribution in [3.05, 3.63) is 23.8 Å². The van der Waals surface area contributed by atoms with Gasteiger partial charge in [-0.15, -0.1) is 0 Å². The van der Waals surface area contributed by atoms with Crippen molar-refractivity contribution in [2.45, 2.75) is 38.6 Å². The number of esters is 1. The van der Waals surface area contributed by atoms with Crippen molar-refractivity contribution < 1.29 is 33.3 Å². The quantitative estimate of drug-likeness (QED) is 0.605. The molecule has 1 saturated heterocycles. The summed E-state index contributed by atoms with van der Waals surface area (Å²) >= 11 is 0. The third kappa shape index (κ3) is 6.59. The standard InChI is InChI=1S/C23H32N2O7/c1-16-5-3-4-6-18(16)24-21(26)14-32-23(28)17-7-8-19(20(13-17)29-2)31-15-22(27)25-9-11-30-12-10-25/h7-8,13,16,18H,3-6,9-12,14-15H2,1-2H3,(H,24,26). The Labute approximate surface area is 188 Å². The number of methoxy groups -OCH3 is 1. The van der Waals surface area contributed by atoms with E-state index in [4.69, 9.17) is 18.9 Å². The second kappa shape index (κ2) is 11.7. The highest BCUT2D eigenvalue weighted by molar-refractivity contribution is 5.92. The van der Waals surface area contributed by atoms with Gasteiger partial charge in [0.25, 0.3) is 11.8 Å². The molecule has 1 N–H and O–H groups in total. The third-order valence-electron chi connectivity index (χ3n) is 5.91. The average Bonchev–Trinajstić information content (AvgIpc) is 2.82. The fraction of sp³-hybridized carbons (Fsp3) is 0.609. The number of ether oxygens (including phenoxy) is 4. The maximum atomic E-state index is 12.4. The number of amides is 2. The van der Waals surface area contributed by atoms with Gasteiger partial charge in [-0.3, -0.25) is 9.59 Å². The fourth-order valence-electron chi connectivity index (χ4n) is 3.95. The van der Waals surface area contributed by atoms with Crippen molar-refractivity contribution in [1.29, 1.82) is 0 Å². The Kier molecular flexibility index (Phi) is 8.72. The van der Waals surface area contributed by atoms with Gasteiger partial charge in [0, 0.05) is 19.1 Å². The number of nitrogens with zero attached hydrogens (tertiary/aromatic N) is 1. The first-order valence-corrected chi connectivity index (χ1v) is 11.1. The van der Waals surface area contributed by atoms with E-state index < -0.39 is 5.97 Å². The van der Waals surface area contributed by atoms with Crippen LogP contribution in [0.3, 0.4) is 0 Å². The van der Waals surface area contributed by atoms with Crippen LogP contribution in [-0.2, 0) is 19.1 Å². The molecular formula is C23H32N2O7. The lowest BCUT2D eigenvalue weighted by molar-refractivity contribution is -0.137. The number of carbonyl (C=O) groups is 3. The van der Waals surface area contributed by atoms with Crippen molar-refractivity contribution in [2.75, 3.05) is 46.6 Å². The summed E-state index contributed by atoms with van der Waals surface area (Å²) in [5.74, 6) is -0.00593. The average molecular weight is 449 g/mol. The molecule has 1 saturated carbocycles. The van der Waals surface area contributed by atoms with E-state index in [0.717, 1.165) is 19.3 Å². The van der Waals surface area contributed by atoms with Crippen LogP contribution in [0.5, 0.6) is 11.5 Å². The number of rotatable bonds is 8. The van der Waals surface area contributed by atoms with E-state index in [1.807, 2.05) is 0 Å². The first kappa shape index (κ1) is 23.8. The largest absolute Gasteiger partial charge is 0.493 e. The van der Waals surface area contributed by atoms with Crippen LogP contribution in [0.2, 0.25) is 0 Å². The van der Waals surface area contributed by atoms with Gasteiger partial charge in [0.2, 0.25) is 0 Å². The molecule has 0 aromatic heterocycles. The molecule has 1 aliphatic carbocycles. The highest BCUT2D eigenvalue weighted by Crippen LogP contribution is 2.28. The first-order chi connectivity index (χ1) is 15.5. The predicted molar refractivity (Wildman–Crippen MR) is 116 cm³/mol. The van der Waals surface area contributed by atoms with Crippen LogP contribution in [-0.4, -0.2) is 75.4 Å². The molecule has 0 spiro atoms. The zero-order chi connectivity index (χ0) is 22.9. The molecule has 0 bridgehead atoms. The molecule has 1 aromatic carbocycles. The molecule has 1 aliphatic heterocycles. The highest BCUT2D eigenvalue weighted by atomic mass is 16.5. The molecule has 2 atom stereocenters. The summed E-state index contributed by atoms with van der Waals surface area (Å²) < 4.78 is 21.3. The lowest BCUT2D eigenvalue weighted by Crippen LogP contribution is -2.43. The predicted octanol–water partition coefficient (Wildman–Crippen LogP) is 1.78. The molecule has 1 heterocycles. The molecule has 0 radical (unpaired) electrons. The van der Waals surface area contributed by atoms with Crippen molar-refractivity contribution in [3.8, 4) is 11.5 Å². The van der Waals surface area contributed by atoms with Crippen molar-refractivity contribution in [2.24, 2.45) is 5.92 Å². The summed E-state index contributed by atoms with van der Waals surface area (Å²) in [7, 11) is 1.44. The summed E-state index contributed by atoms with van der Waals surface area (Å²) in [4.78, 5) is 38.5. The molecular weight excluding hydrogens is 416 g/mol. The number of carbonyl (C=O) groups excluding carboxylic acids is 3. The molecule has 2 fully saturated rings. The second-order valence-electron chi connectivity index (χ2n) is 8.16. The van der Waals surface area contributed by atoms with E-state index in [1.54, 1.807) is 11.0 Å². The van der Waals surface area contributed by atoms with Crippen molar-refractivity contribution in [3.63, 3.8) is 0 Å². The van der Waals surface area contributed by atoms with Gasteiger partial charge in [-0.25, -0.2) is 4.79 Å². The minimum Gasteiger partial charge on any atom is -0.493 e. The summed E-state index contributed by atoms with van der Waals surface area (Å²) in [5.41, 5.74) is 0.229. The van der Waals surface area contributed by atoms with Gasteiger partial charge in [0.15, 0.2) is 24.7 Å². The number of nitrogens with one attached hydrogen (secondary N) is 1. The lowest BCUT2D eigenvalue weighted by Gasteiger charge is -2.29. The van der Waals surface area contributed by atoms with Crippen LogP contribution in [0.4, 0.5) is 0 Å². The first-order valence-electron chi connectivity index (χ1n) is 11.1. The third-order valence-corrected chi connectivity index (χ3v) is 5.91. The Morgan fingerprint density at radius 3 is 2.56 bits per heavy atom. The van der Waals surface area contributed by atoms with E-state index in [0.29, 0.717) is 43.7 Å². The Morgan fingerprint density at radius 1 is 1.09 bits per heavy atom. The van der Waals surface area contributed by atoms with Crippen LogP contribution in [0.15, 0.2) is 18.2 Å². The molecule has 3 rings (SSSR count). The number of hydrogen-bond acceptors (Lipinski definition) is 7. The smallest absolute Gasteiger partial charge is 0.338 e. The summed E-state index contributed by atoms with van der Waals surface area (Å²) in [5, 5.41) is 2.96. The SMILES string of the molecule is COc1cc(C(=O)OCC(=O)NC2CCCCC2C)ccc1OCC(=O)N1CCOCC1. The van der Waals surface area contributed by atoms with Crippen molar-refractivity contribution >= 4 is 17.8 Å². The number of hydrogen-bond donors (Lipinski definition) is 1. The van der Waals surface area contributed by atoms with Crippen LogP contribution in [0.25, 0.3) is 0 Å². The monoisotopic (exact) mass is 448 g/mol. The molecule has 1 aromatic rings. The molecule has 2 aliphatic rings. The minimum absolute atomic E-state index is 0.131. The summed E-state index contributed by atoms with van der Waals surface area (Å²) in [6.45, 7) is 3.76. The van der Waals surface area contributed by atoms with Gasteiger partial charge in [-0.1, -0.05) is 19.8 Å². The Bertz CT molecular complexity index is 808. The molecule has 9 nitrogen and oxygen atoms in total. The van der Waals surface area contributed by atoms with E-state index in [2.05, 4.69) is 12.2 Å². The summed E-state index contributed by atoms with van der Waals surface area (Å²) in [6.07, 6.45) is 4.33. The second-order valence-corrected chi connectivity index (χ2v) is 8.16. The van der Waals surface area contributed by atoms with Crippen molar-refractivity contribution in [1.82, 2.24) is 10.2 Å². The molecule has 9 heteroatoms. The Morgan fingerprint density at radius 2 is 1.84 bits per heavy atom. The molecule has 32 heavy (non-hydrogen) atoms. The molecule has 2 amide bonds. The van der Waals surface area contributed by atoms with Crippen LogP contribution < -0.4 is 14.8 Å². The van der Waals surface area contributed by atoms with Gasteiger partial charge in [-0.05, 0) is 37.0 Å². The summed E-state index contributed by atoms with van der Waals surface area (Å²) in [6, 6.07) is 4.66. The number of morpholine rings is 1. The zero-order valence-corrected chi connectivity index (χ0v) is 18.8. The van der Waals surface area contributed by atoms with Gasteiger partial charge in [0.05, 0.1) is 25.9 Å². The Hall–Kier alpha value is -2.81. The van der Waals surface area contributed by atoms with Crippen LogP contribution in [0, 0.1) is 5.92 Å². The highest BCUT2D eigenvalue weighted by Gasteiger charge is 2.23. The van der Waals surface area contributed by atoms with Gasteiger partial charge >= 0.3 is 5.97 Å². The maximum absolute atomic E-state index is 12.4. The molecule has 176 valence electrons. The van der Waals surface area contributed by atoms with E-state index >= 15 is 0 Å². The fourth-order valence-corrected chi connectivity index (χ4v) is 3.95. The topological polar surface area (TPSA) is 103 Å². The van der Waals surface area contributed by atoms with E-state index in [9.17, 15) is 14.4 Å². The van der Waals surface area contributed by atoms with E-state index in [-0.39, 0.29) is 36.6 Å². The van der Waals surface area contributed by atoms with Crippen LogP contribution in [0.1, 0.15) is 43.0 Å². The van der Waals surface area contributed by atoms with Gasteiger partial charge in [0.1, 0.15) is 0 Å². The van der Waals surface area contributed by atoms with Crippen LogP contribution >= 0.6 is 0 Å². The van der Waals surface area contributed by atoms with Gasteiger partial charge < -0.3 is 29.2 Å². The molecule has 2 unspecified atom stereocenters. The Balaban J connectivity index is 1.49.